The second kappa shape index (κ2) is 17.4. The number of rotatable bonds is 14. The first-order valence-electron chi connectivity index (χ1n) is 17.1. The first kappa shape index (κ1) is 35.3. The molecule has 3 aromatic carbocycles. The molecule has 0 spiro atoms. The molecule has 1 aliphatic heterocycles. The monoisotopic (exact) mass is 655 g/mol. The molecule has 0 bridgehead atoms. The molecule has 3 N–H and O–H groups in total. The Balaban J connectivity index is 1.30. The third-order valence-corrected chi connectivity index (χ3v) is 9.34. The molecule has 3 aromatic rings. The lowest BCUT2D eigenvalue weighted by molar-refractivity contribution is -0.276. The zero-order chi connectivity index (χ0) is 33.9. The van der Waals surface area contributed by atoms with Crippen molar-refractivity contribution in [1.82, 2.24) is 15.5 Å². The van der Waals surface area contributed by atoms with E-state index < -0.39 is 18.3 Å². The van der Waals surface area contributed by atoms with Crippen molar-refractivity contribution in [1.29, 1.82) is 0 Å². The number of aliphatic hydroxyl groups is 1. The van der Waals surface area contributed by atoms with E-state index >= 15 is 0 Å². The van der Waals surface area contributed by atoms with E-state index in [9.17, 15) is 14.7 Å². The number of amides is 2. The molecule has 0 radical (unpaired) electrons. The maximum absolute atomic E-state index is 12.1. The van der Waals surface area contributed by atoms with Crippen molar-refractivity contribution in [2.45, 2.75) is 77.2 Å². The number of hydrogen-bond acceptors (Lipinski definition) is 7. The molecule has 1 saturated carbocycles. The zero-order valence-corrected chi connectivity index (χ0v) is 28.1. The van der Waals surface area contributed by atoms with Crippen LogP contribution in [0.25, 0.3) is 11.1 Å². The van der Waals surface area contributed by atoms with Crippen LogP contribution in [0.2, 0.25) is 0 Å². The number of hydrogen-bond donors (Lipinski definition) is 3. The molecule has 0 aromatic heterocycles. The van der Waals surface area contributed by atoms with Gasteiger partial charge >= 0.3 is 12.0 Å². The number of benzene rings is 3. The van der Waals surface area contributed by atoms with Crippen molar-refractivity contribution in [3.8, 4) is 11.1 Å². The van der Waals surface area contributed by atoms with Gasteiger partial charge < -0.3 is 30.0 Å². The van der Waals surface area contributed by atoms with Crippen LogP contribution in [0, 0.1) is 5.92 Å². The number of nitrogens with one attached hydrogen (secondary N) is 2. The summed E-state index contributed by atoms with van der Waals surface area (Å²) in [5.74, 6) is -0.365. The number of carbonyl (C=O) groups excluding carboxylic acids is 2. The van der Waals surface area contributed by atoms with Crippen molar-refractivity contribution in [2.75, 3.05) is 26.2 Å². The van der Waals surface area contributed by atoms with Gasteiger partial charge in [0, 0.05) is 37.2 Å². The summed E-state index contributed by atoms with van der Waals surface area (Å²) in [6.45, 7) is 10.0. The van der Waals surface area contributed by atoms with Gasteiger partial charge in [-0.15, -0.1) is 6.58 Å². The summed E-state index contributed by atoms with van der Waals surface area (Å²) in [7, 11) is 0. The predicted molar refractivity (Wildman–Crippen MR) is 186 cm³/mol. The predicted octanol–water partition coefficient (Wildman–Crippen LogP) is 6.43. The third-order valence-electron chi connectivity index (χ3n) is 9.34. The van der Waals surface area contributed by atoms with Gasteiger partial charge in [-0.25, -0.2) is 4.79 Å². The quantitative estimate of drug-likeness (QED) is 0.136. The zero-order valence-electron chi connectivity index (χ0n) is 28.1. The number of esters is 1. The Morgan fingerprint density at radius 1 is 0.958 bits per heavy atom. The van der Waals surface area contributed by atoms with Crippen molar-refractivity contribution in [3.05, 3.63) is 108 Å². The molecule has 2 aliphatic rings. The van der Waals surface area contributed by atoms with Gasteiger partial charge in [-0.3, -0.25) is 9.69 Å². The maximum Gasteiger partial charge on any atom is 0.325 e. The van der Waals surface area contributed by atoms with Gasteiger partial charge in [0.15, 0.2) is 6.29 Å². The molecule has 9 nitrogen and oxygen atoms in total. The van der Waals surface area contributed by atoms with E-state index in [1.165, 1.54) is 25.7 Å². The second-order valence-corrected chi connectivity index (χ2v) is 12.7. The highest BCUT2D eigenvalue weighted by molar-refractivity contribution is 5.80. The lowest BCUT2D eigenvalue weighted by atomic mass is 9.89. The fourth-order valence-corrected chi connectivity index (χ4v) is 6.67. The number of ether oxygens (including phenoxy) is 3. The number of aliphatic hydroxyl groups excluding tert-OH is 1. The van der Waals surface area contributed by atoms with Crippen LogP contribution in [-0.4, -0.2) is 60.4 Å². The van der Waals surface area contributed by atoms with Crippen LogP contribution in [0.1, 0.15) is 74.2 Å². The molecule has 48 heavy (non-hydrogen) atoms. The third kappa shape index (κ3) is 9.32. The summed E-state index contributed by atoms with van der Waals surface area (Å²) in [6.07, 6.45) is 6.19. The molecule has 5 rings (SSSR count). The van der Waals surface area contributed by atoms with Gasteiger partial charge in [-0.1, -0.05) is 92.6 Å². The molecule has 1 heterocycles. The van der Waals surface area contributed by atoms with E-state index in [4.69, 9.17) is 14.2 Å². The minimum atomic E-state index is -0.541. The summed E-state index contributed by atoms with van der Waals surface area (Å²) in [4.78, 5) is 26.2. The van der Waals surface area contributed by atoms with Crippen LogP contribution in [-0.2, 0) is 32.2 Å². The Bertz CT molecular complexity index is 1490. The molecular weight excluding hydrogens is 606 g/mol. The normalized spacial score (nSPS) is 21.2. The number of urea groups is 1. The van der Waals surface area contributed by atoms with E-state index in [-0.39, 0.29) is 37.9 Å². The van der Waals surface area contributed by atoms with E-state index in [2.05, 4.69) is 65.4 Å². The second-order valence-electron chi connectivity index (χ2n) is 12.7. The Labute approximate surface area is 284 Å². The van der Waals surface area contributed by atoms with Gasteiger partial charge in [0.05, 0.1) is 25.4 Å². The van der Waals surface area contributed by atoms with Crippen molar-refractivity contribution < 1.29 is 28.9 Å². The SMILES string of the molecule is C=CCN(CC1OC(c2ccc(-c3cccc(CNC(=O)NCC(=O)OCC)c3)cc2)OC(c2ccc(CO)cc2)C1C)C1CCCC1. The molecule has 4 atom stereocenters. The lowest BCUT2D eigenvalue weighted by Gasteiger charge is -2.43. The average molecular weight is 656 g/mol. The molecule has 1 aliphatic carbocycles. The van der Waals surface area contributed by atoms with E-state index in [1.807, 2.05) is 42.5 Å². The smallest absolute Gasteiger partial charge is 0.325 e. The molecule has 4 unspecified atom stereocenters. The molecule has 9 heteroatoms. The highest BCUT2D eigenvalue weighted by atomic mass is 16.7. The Morgan fingerprint density at radius 3 is 2.38 bits per heavy atom. The van der Waals surface area contributed by atoms with Crippen LogP contribution in [0.4, 0.5) is 4.79 Å². The van der Waals surface area contributed by atoms with Gasteiger partial charge in [-0.05, 0) is 53.6 Å². The standard InChI is InChI=1S/C39H49N3O6/c1-4-21-42(34-11-6-7-12-34)25-35-27(3)37(31-15-13-28(26-43)14-16-31)48-38(47-35)32-19-17-30(18-20-32)33-10-8-9-29(22-33)23-40-39(45)41-24-36(44)46-5-2/h4,8-10,13-20,22,27,34-35,37-38,43H,1,5-7,11-12,21,23-26H2,2-3H3,(H2,40,41,45). The summed E-state index contributed by atoms with van der Waals surface area (Å²) < 4.78 is 18.3. The Kier molecular flexibility index (Phi) is 12.8. The fraction of sp³-hybridized carbons (Fsp3) is 0.436. The van der Waals surface area contributed by atoms with E-state index in [1.54, 1.807) is 6.92 Å². The molecule has 2 fully saturated rings. The average Bonchev–Trinajstić information content (AvgIpc) is 3.66. The summed E-state index contributed by atoms with van der Waals surface area (Å²) in [6, 6.07) is 24.4. The van der Waals surface area contributed by atoms with Gasteiger partial charge in [-0.2, -0.15) is 0 Å². The van der Waals surface area contributed by atoms with Crippen LogP contribution in [0.3, 0.4) is 0 Å². The van der Waals surface area contributed by atoms with Crippen molar-refractivity contribution in [3.63, 3.8) is 0 Å². The fourth-order valence-electron chi connectivity index (χ4n) is 6.67. The molecule has 1 saturated heterocycles. The largest absolute Gasteiger partial charge is 0.465 e. The first-order chi connectivity index (χ1) is 23.4. The minimum absolute atomic E-state index is 0.00580. The Morgan fingerprint density at radius 2 is 1.69 bits per heavy atom. The van der Waals surface area contributed by atoms with Crippen LogP contribution >= 0.6 is 0 Å². The summed E-state index contributed by atoms with van der Waals surface area (Å²) >= 11 is 0. The van der Waals surface area contributed by atoms with E-state index in [0.717, 1.165) is 46.5 Å². The topological polar surface area (TPSA) is 109 Å². The lowest BCUT2D eigenvalue weighted by Crippen LogP contribution is -2.47. The molecular formula is C39H49N3O6. The first-order valence-corrected chi connectivity index (χ1v) is 17.1. The Hall–Kier alpha value is -4.02. The van der Waals surface area contributed by atoms with Crippen LogP contribution in [0.15, 0.2) is 85.5 Å². The van der Waals surface area contributed by atoms with Crippen molar-refractivity contribution in [2.24, 2.45) is 5.92 Å². The van der Waals surface area contributed by atoms with Gasteiger partial charge in [0.1, 0.15) is 6.54 Å². The minimum Gasteiger partial charge on any atom is -0.465 e. The van der Waals surface area contributed by atoms with Gasteiger partial charge in [0.25, 0.3) is 0 Å². The summed E-state index contributed by atoms with van der Waals surface area (Å²) in [5, 5.41) is 14.9. The van der Waals surface area contributed by atoms with Gasteiger partial charge in [0.2, 0.25) is 0 Å². The molecule has 256 valence electrons. The number of nitrogens with zero attached hydrogens (tertiary/aromatic N) is 1. The summed E-state index contributed by atoms with van der Waals surface area (Å²) in [5.41, 5.74) is 5.87. The van der Waals surface area contributed by atoms with Crippen molar-refractivity contribution >= 4 is 12.0 Å². The van der Waals surface area contributed by atoms with E-state index in [0.29, 0.717) is 12.6 Å². The highest BCUT2D eigenvalue weighted by Gasteiger charge is 2.40. The van der Waals surface area contributed by atoms with Crippen LogP contribution in [0.5, 0.6) is 0 Å². The molecule has 2 amide bonds. The number of carbonyl (C=O) groups is 2. The van der Waals surface area contributed by atoms with Crippen LogP contribution < -0.4 is 10.6 Å². The maximum atomic E-state index is 12.1. The highest BCUT2D eigenvalue weighted by Crippen LogP contribution is 2.42.